The van der Waals surface area contributed by atoms with Gasteiger partial charge in [-0.3, -0.25) is 5.84 Å². The van der Waals surface area contributed by atoms with Crippen molar-refractivity contribution < 1.29 is 18.9 Å². The molecule has 21 heavy (non-hydrogen) atoms. The second-order valence-corrected chi connectivity index (χ2v) is 4.72. The molecule has 1 aliphatic rings. The summed E-state index contributed by atoms with van der Waals surface area (Å²) >= 11 is 0. The molecule has 6 heteroatoms. The van der Waals surface area contributed by atoms with E-state index in [-0.39, 0.29) is 6.04 Å². The molecule has 0 aromatic heterocycles. The van der Waals surface area contributed by atoms with Gasteiger partial charge < -0.3 is 18.9 Å². The van der Waals surface area contributed by atoms with E-state index in [1.165, 1.54) is 0 Å². The van der Waals surface area contributed by atoms with Gasteiger partial charge in [0.25, 0.3) is 0 Å². The molecule has 0 amide bonds. The van der Waals surface area contributed by atoms with Gasteiger partial charge in [-0.2, -0.15) is 0 Å². The van der Waals surface area contributed by atoms with E-state index in [0.29, 0.717) is 17.2 Å². The fourth-order valence-corrected chi connectivity index (χ4v) is 2.47. The summed E-state index contributed by atoms with van der Waals surface area (Å²) in [6.07, 6.45) is 3.66. The van der Waals surface area contributed by atoms with Gasteiger partial charge in [0.1, 0.15) is 5.75 Å². The Kier molecular flexibility index (Phi) is 5.30. The standard InChI is InChI=1S/C15H22N2O4/c1-18-12-8-14(20-3)13(19-2)7-11(12)15(17-16)10-5-4-6-21-9-10/h7-9,15,17H,4-6,16H2,1-3H3. The van der Waals surface area contributed by atoms with Crippen molar-refractivity contribution in [3.05, 3.63) is 29.5 Å². The van der Waals surface area contributed by atoms with Gasteiger partial charge in [0.05, 0.1) is 40.2 Å². The summed E-state index contributed by atoms with van der Waals surface area (Å²) in [6, 6.07) is 3.47. The highest BCUT2D eigenvalue weighted by Crippen LogP contribution is 2.40. The summed E-state index contributed by atoms with van der Waals surface area (Å²) < 4.78 is 21.5. The minimum Gasteiger partial charge on any atom is -0.501 e. The van der Waals surface area contributed by atoms with Crippen LogP contribution in [0.15, 0.2) is 24.0 Å². The van der Waals surface area contributed by atoms with Crippen LogP contribution in [-0.2, 0) is 4.74 Å². The van der Waals surface area contributed by atoms with E-state index in [9.17, 15) is 0 Å². The summed E-state index contributed by atoms with van der Waals surface area (Å²) in [5.41, 5.74) is 4.79. The highest BCUT2D eigenvalue weighted by Gasteiger charge is 2.23. The van der Waals surface area contributed by atoms with E-state index in [1.54, 1.807) is 33.7 Å². The average molecular weight is 294 g/mol. The Morgan fingerprint density at radius 2 is 1.76 bits per heavy atom. The van der Waals surface area contributed by atoms with Crippen molar-refractivity contribution in [2.75, 3.05) is 27.9 Å². The Labute approximate surface area is 124 Å². The lowest BCUT2D eigenvalue weighted by Crippen LogP contribution is -2.30. The van der Waals surface area contributed by atoms with Crippen molar-refractivity contribution in [2.45, 2.75) is 18.9 Å². The first-order valence-corrected chi connectivity index (χ1v) is 6.81. The summed E-state index contributed by atoms with van der Waals surface area (Å²) in [6.45, 7) is 0.740. The Morgan fingerprint density at radius 3 is 2.29 bits per heavy atom. The van der Waals surface area contributed by atoms with Crippen LogP contribution in [0.25, 0.3) is 0 Å². The Hall–Kier alpha value is -1.92. The van der Waals surface area contributed by atoms with E-state index in [0.717, 1.165) is 30.6 Å². The normalized spacial score (nSPS) is 15.7. The van der Waals surface area contributed by atoms with Crippen LogP contribution in [-0.4, -0.2) is 27.9 Å². The van der Waals surface area contributed by atoms with Gasteiger partial charge >= 0.3 is 0 Å². The first-order valence-electron chi connectivity index (χ1n) is 6.81. The Bertz CT molecular complexity index is 517. The number of methoxy groups -OCH3 is 3. The Balaban J connectivity index is 2.46. The van der Waals surface area contributed by atoms with E-state index in [2.05, 4.69) is 5.43 Å². The first-order chi connectivity index (χ1) is 10.2. The molecule has 1 aromatic rings. The van der Waals surface area contributed by atoms with Crippen LogP contribution in [0.1, 0.15) is 24.4 Å². The molecule has 116 valence electrons. The van der Waals surface area contributed by atoms with Gasteiger partial charge in [0, 0.05) is 11.6 Å². The lowest BCUT2D eigenvalue weighted by molar-refractivity contribution is 0.219. The van der Waals surface area contributed by atoms with E-state index in [4.69, 9.17) is 24.8 Å². The van der Waals surface area contributed by atoms with E-state index >= 15 is 0 Å². The minimum atomic E-state index is -0.194. The van der Waals surface area contributed by atoms with Crippen LogP contribution in [0.4, 0.5) is 0 Å². The molecule has 1 unspecified atom stereocenters. The predicted octanol–water partition coefficient (Wildman–Crippen LogP) is 1.91. The number of nitrogens with one attached hydrogen (secondary N) is 1. The third-order valence-electron chi connectivity index (χ3n) is 3.55. The SMILES string of the molecule is COc1cc(OC)c(C(NN)C2=COCCC2)cc1OC. The van der Waals surface area contributed by atoms with Gasteiger partial charge in [0.2, 0.25) is 0 Å². The molecule has 0 saturated heterocycles. The topological polar surface area (TPSA) is 75.0 Å². The molecule has 1 atom stereocenters. The molecule has 0 bridgehead atoms. The zero-order valence-corrected chi connectivity index (χ0v) is 12.6. The molecular formula is C15H22N2O4. The van der Waals surface area contributed by atoms with Crippen molar-refractivity contribution in [1.29, 1.82) is 0 Å². The van der Waals surface area contributed by atoms with Crippen molar-refractivity contribution in [2.24, 2.45) is 5.84 Å². The molecule has 3 N–H and O–H groups in total. The maximum atomic E-state index is 5.75. The van der Waals surface area contributed by atoms with E-state index in [1.807, 2.05) is 6.07 Å². The number of benzene rings is 1. The van der Waals surface area contributed by atoms with Gasteiger partial charge in [-0.25, -0.2) is 5.43 Å². The third-order valence-corrected chi connectivity index (χ3v) is 3.55. The first kappa shape index (κ1) is 15.5. The number of hydrogen-bond acceptors (Lipinski definition) is 6. The molecule has 6 nitrogen and oxygen atoms in total. The second kappa shape index (κ2) is 7.19. The van der Waals surface area contributed by atoms with Crippen molar-refractivity contribution in [1.82, 2.24) is 5.43 Å². The highest BCUT2D eigenvalue weighted by molar-refractivity contribution is 5.53. The van der Waals surface area contributed by atoms with Crippen LogP contribution in [0.3, 0.4) is 0 Å². The zero-order valence-electron chi connectivity index (χ0n) is 12.6. The molecule has 0 fully saturated rings. The van der Waals surface area contributed by atoms with Crippen LogP contribution >= 0.6 is 0 Å². The fourth-order valence-electron chi connectivity index (χ4n) is 2.47. The molecule has 1 aliphatic heterocycles. The largest absolute Gasteiger partial charge is 0.501 e. The third kappa shape index (κ3) is 3.22. The summed E-state index contributed by atoms with van der Waals surface area (Å²) in [5, 5.41) is 0. The van der Waals surface area contributed by atoms with Gasteiger partial charge in [0.15, 0.2) is 11.5 Å². The summed E-state index contributed by atoms with van der Waals surface area (Å²) in [5.74, 6) is 7.67. The maximum absolute atomic E-state index is 5.75. The minimum absolute atomic E-state index is 0.194. The number of hydrogen-bond donors (Lipinski definition) is 2. The molecule has 2 rings (SSSR count). The summed E-state index contributed by atoms with van der Waals surface area (Å²) in [7, 11) is 4.80. The second-order valence-electron chi connectivity index (χ2n) is 4.72. The smallest absolute Gasteiger partial charge is 0.164 e. The number of hydrazine groups is 1. The van der Waals surface area contributed by atoms with Crippen LogP contribution in [0, 0.1) is 0 Å². The van der Waals surface area contributed by atoms with Gasteiger partial charge in [-0.15, -0.1) is 0 Å². The molecule has 0 aliphatic carbocycles. The fraction of sp³-hybridized carbons (Fsp3) is 0.467. The zero-order chi connectivity index (χ0) is 15.2. The monoisotopic (exact) mass is 294 g/mol. The molecule has 1 aromatic carbocycles. The van der Waals surface area contributed by atoms with Crippen LogP contribution in [0.2, 0.25) is 0 Å². The highest BCUT2D eigenvalue weighted by atomic mass is 16.5. The average Bonchev–Trinajstić information content (AvgIpc) is 2.56. The molecule has 0 saturated carbocycles. The quantitative estimate of drug-likeness (QED) is 0.616. The molecule has 0 spiro atoms. The Morgan fingerprint density at radius 1 is 1.10 bits per heavy atom. The van der Waals surface area contributed by atoms with Crippen LogP contribution < -0.4 is 25.5 Å². The maximum Gasteiger partial charge on any atom is 0.164 e. The predicted molar refractivity (Wildman–Crippen MR) is 79.4 cm³/mol. The number of ether oxygens (including phenoxy) is 4. The van der Waals surface area contributed by atoms with Crippen molar-refractivity contribution in [3.8, 4) is 17.2 Å². The van der Waals surface area contributed by atoms with Crippen molar-refractivity contribution in [3.63, 3.8) is 0 Å². The molecular weight excluding hydrogens is 272 g/mol. The van der Waals surface area contributed by atoms with Gasteiger partial charge in [-0.05, 0) is 24.5 Å². The van der Waals surface area contributed by atoms with Crippen LogP contribution in [0.5, 0.6) is 17.2 Å². The summed E-state index contributed by atoms with van der Waals surface area (Å²) in [4.78, 5) is 0. The van der Waals surface area contributed by atoms with E-state index < -0.39 is 0 Å². The lowest BCUT2D eigenvalue weighted by Gasteiger charge is -2.25. The number of nitrogens with two attached hydrogens (primary N) is 1. The molecule has 1 heterocycles. The lowest BCUT2D eigenvalue weighted by atomic mass is 9.94. The number of rotatable bonds is 6. The van der Waals surface area contributed by atoms with Gasteiger partial charge in [-0.1, -0.05) is 0 Å². The van der Waals surface area contributed by atoms with Crippen molar-refractivity contribution >= 4 is 0 Å². The molecule has 0 radical (unpaired) electrons.